The lowest BCUT2D eigenvalue weighted by Crippen LogP contribution is -2.52. The highest BCUT2D eigenvalue weighted by atomic mass is 32.1. The molecule has 0 unspecified atom stereocenters. The quantitative estimate of drug-likeness (QED) is 0.489. The Kier molecular flexibility index (Phi) is 5.27. The number of carboxylic acid groups (broad SMARTS) is 1. The zero-order chi connectivity index (χ0) is 20.4. The Morgan fingerprint density at radius 3 is 2.97 bits per heavy atom. The Hall–Kier alpha value is -3.25. The van der Waals surface area contributed by atoms with Crippen molar-refractivity contribution in [3.63, 3.8) is 0 Å². The lowest BCUT2D eigenvalue weighted by molar-refractivity contribution is 0.0625. The third kappa shape index (κ3) is 4.27. The van der Waals surface area contributed by atoms with Crippen LogP contribution in [0.4, 0.5) is 16.4 Å². The third-order valence-corrected chi connectivity index (χ3v) is 5.41. The number of rotatable bonds is 5. The molecule has 0 radical (unpaired) electrons. The van der Waals surface area contributed by atoms with Crippen molar-refractivity contribution in [3.05, 3.63) is 29.5 Å². The lowest BCUT2D eigenvalue weighted by atomic mass is 10.0. The molecule has 1 aliphatic heterocycles. The normalized spacial score (nSPS) is 19.1. The van der Waals surface area contributed by atoms with E-state index in [1.165, 1.54) is 11.3 Å². The Labute approximate surface area is 169 Å². The highest BCUT2D eigenvalue weighted by molar-refractivity contribution is 7.17. The molecule has 152 valence electrons. The standard InChI is InChI=1S/C17H19N7O4S/c1-24-6-9(4-19-24)20-15(25)10-8-29-13-5-18-16(23-14(10)13)21-11-2-3-28-7-12(11)22-17(26)27/h4-6,8,11-12,22H,2-3,7H2,1H3,(H,20,25)(H,26,27)(H,18,21,23)/t11-,12+/m1/s1. The number of carbonyl (C=O) groups excluding carboxylic acids is 1. The first kappa shape index (κ1) is 19.1. The molecule has 0 aliphatic carbocycles. The zero-order valence-electron chi connectivity index (χ0n) is 15.5. The van der Waals surface area contributed by atoms with Crippen LogP contribution in [0.15, 0.2) is 24.0 Å². The van der Waals surface area contributed by atoms with Gasteiger partial charge in [0.1, 0.15) is 0 Å². The number of hydrogen-bond acceptors (Lipinski definition) is 8. The molecule has 2 atom stereocenters. The van der Waals surface area contributed by atoms with Gasteiger partial charge >= 0.3 is 6.09 Å². The van der Waals surface area contributed by atoms with Crippen LogP contribution in [0, 0.1) is 0 Å². The Bertz CT molecular complexity index is 1050. The zero-order valence-corrected chi connectivity index (χ0v) is 16.3. The van der Waals surface area contributed by atoms with Gasteiger partial charge in [0, 0.05) is 25.2 Å². The summed E-state index contributed by atoms with van der Waals surface area (Å²) in [7, 11) is 1.77. The van der Waals surface area contributed by atoms with Gasteiger partial charge in [-0.25, -0.2) is 14.8 Å². The first-order chi connectivity index (χ1) is 14.0. The van der Waals surface area contributed by atoms with Crippen molar-refractivity contribution in [2.24, 2.45) is 7.05 Å². The second-order valence-electron chi connectivity index (χ2n) is 6.58. The van der Waals surface area contributed by atoms with Gasteiger partial charge in [-0.05, 0) is 6.42 Å². The largest absolute Gasteiger partial charge is 0.465 e. The van der Waals surface area contributed by atoms with Crippen LogP contribution in [-0.4, -0.2) is 62.2 Å². The van der Waals surface area contributed by atoms with E-state index in [1.807, 2.05) is 0 Å². The number of aromatic nitrogens is 4. The van der Waals surface area contributed by atoms with E-state index in [4.69, 9.17) is 9.84 Å². The number of nitrogens with one attached hydrogen (secondary N) is 3. The van der Waals surface area contributed by atoms with Crippen molar-refractivity contribution in [1.29, 1.82) is 0 Å². The van der Waals surface area contributed by atoms with Crippen LogP contribution in [0.2, 0.25) is 0 Å². The molecule has 3 aromatic rings. The predicted molar refractivity (Wildman–Crippen MR) is 106 cm³/mol. The van der Waals surface area contributed by atoms with Crippen molar-refractivity contribution in [2.75, 3.05) is 23.8 Å². The van der Waals surface area contributed by atoms with Crippen LogP contribution in [0.3, 0.4) is 0 Å². The molecule has 0 aromatic carbocycles. The Morgan fingerprint density at radius 2 is 2.21 bits per heavy atom. The van der Waals surface area contributed by atoms with E-state index in [0.717, 1.165) is 4.70 Å². The SMILES string of the molecule is Cn1cc(NC(=O)c2csc3cnc(N[C@@H]4CCOC[C@@H]4NC(=O)O)nc23)cn1. The molecular weight excluding hydrogens is 398 g/mol. The third-order valence-electron chi connectivity index (χ3n) is 4.50. The summed E-state index contributed by atoms with van der Waals surface area (Å²) in [6, 6.07) is -0.639. The number of hydrogen-bond donors (Lipinski definition) is 4. The summed E-state index contributed by atoms with van der Waals surface area (Å²) in [6.07, 6.45) is 4.40. The van der Waals surface area contributed by atoms with Crippen LogP contribution >= 0.6 is 11.3 Å². The van der Waals surface area contributed by atoms with Gasteiger partial charge in [-0.1, -0.05) is 0 Å². The van der Waals surface area contributed by atoms with Gasteiger partial charge in [0.25, 0.3) is 5.91 Å². The number of ether oxygens (including phenoxy) is 1. The second-order valence-corrected chi connectivity index (χ2v) is 7.49. The summed E-state index contributed by atoms with van der Waals surface area (Å²) in [5.41, 5.74) is 1.56. The summed E-state index contributed by atoms with van der Waals surface area (Å²) in [5.74, 6) is 0.0424. The number of aryl methyl sites for hydroxylation is 1. The molecule has 1 aliphatic rings. The lowest BCUT2D eigenvalue weighted by Gasteiger charge is -2.31. The molecule has 3 aromatic heterocycles. The topological polar surface area (TPSA) is 143 Å². The fraction of sp³-hybridized carbons (Fsp3) is 0.353. The van der Waals surface area contributed by atoms with E-state index < -0.39 is 12.1 Å². The van der Waals surface area contributed by atoms with Crippen LogP contribution in [0.25, 0.3) is 10.2 Å². The summed E-state index contributed by atoms with van der Waals surface area (Å²) in [6.45, 7) is 0.776. The summed E-state index contributed by atoms with van der Waals surface area (Å²) >= 11 is 1.38. The number of fused-ring (bicyclic) bond motifs is 1. The average molecular weight is 417 g/mol. The highest BCUT2D eigenvalue weighted by Gasteiger charge is 2.28. The minimum atomic E-state index is -1.11. The van der Waals surface area contributed by atoms with Gasteiger partial charge in [0.05, 0.1) is 52.6 Å². The number of thiophene rings is 1. The van der Waals surface area contributed by atoms with E-state index in [1.54, 1.807) is 35.7 Å². The number of amides is 2. The van der Waals surface area contributed by atoms with Crippen LogP contribution < -0.4 is 16.0 Å². The summed E-state index contributed by atoms with van der Waals surface area (Å²) < 4.78 is 7.73. The van der Waals surface area contributed by atoms with Crippen LogP contribution in [-0.2, 0) is 11.8 Å². The minimum absolute atomic E-state index is 0.219. The first-order valence-electron chi connectivity index (χ1n) is 8.87. The van der Waals surface area contributed by atoms with Gasteiger partial charge in [0.15, 0.2) is 0 Å². The number of carbonyl (C=O) groups is 2. The van der Waals surface area contributed by atoms with Crippen molar-refractivity contribution in [3.8, 4) is 0 Å². The molecule has 11 nitrogen and oxygen atoms in total. The maximum Gasteiger partial charge on any atom is 0.405 e. The Balaban J connectivity index is 1.54. The monoisotopic (exact) mass is 417 g/mol. The fourth-order valence-electron chi connectivity index (χ4n) is 3.12. The fourth-order valence-corrected chi connectivity index (χ4v) is 3.96. The van der Waals surface area contributed by atoms with E-state index in [9.17, 15) is 9.59 Å². The van der Waals surface area contributed by atoms with Gasteiger partial charge in [0.2, 0.25) is 5.95 Å². The predicted octanol–water partition coefficient (Wildman–Crippen LogP) is 1.51. The molecule has 29 heavy (non-hydrogen) atoms. The molecule has 4 rings (SSSR count). The summed E-state index contributed by atoms with van der Waals surface area (Å²) in [4.78, 5) is 32.5. The van der Waals surface area contributed by atoms with Gasteiger partial charge in [-0.15, -0.1) is 11.3 Å². The number of anilines is 2. The van der Waals surface area contributed by atoms with E-state index in [-0.39, 0.29) is 18.6 Å². The molecule has 2 amide bonds. The molecule has 4 heterocycles. The van der Waals surface area contributed by atoms with Gasteiger partial charge in [-0.2, -0.15) is 5.10 Å². The van der Waals surface area contributed by atoms with E-state index >= 15 is 0 Å². The first-order valence-corrected chi connectivity index (χ1v) is 9.75. The molecule has 0 spiro atoms. The molecule has 12 heteroatoms. The van der Waals surface area contributed by atoms with Gasteiger partial charge in [-0.3, -0.25) is 9.48 Å². The van der Waals surface area contributed by atoms with Crippen LogP contribution in [0.5, 0.6) is 0 Å². The molecule has 1 saturated heterocycles. The van der Waals surface area contributed by atoms with Gasteiger partial charge < -0.3 is 25.8 Å². The van der Waals surface area contributed by atoms with Crippen molar-refractivity contribution in [2.45, 2.75) is 18.5 Å². The number of nitrogens with zero attached hydrogens (tertiary/aromatic N) is 4. The van der Waals surface area contributed by atoms with E-state index in [2.05, 4.69) is 31.0 Å². The Morgan fingerprint density at radius 1 is 1.34 bits per heavy atom. The summed E-state index contributed by atoms with van der Waals surface area (Å²) in [5, 5.41) is 23.2. The van der Waals surface area contributed by atoms with Crippen LogP contribution in [0.1, 0.15) is 16.8 Å². The molecule has 4 N–H and O–H groups in total. The second kappa shape index (κ2) is 8.01. The molecule has 0 bridgehead atoms. The molecule has 1 fully saturated rings. The van der Waals surface area contributed by atoms with Crippen molar-refractivity contribution in [1.82, 2.24) is 25.1 Å². The molecule has 0 saturated carbocycles. The smallest absolute Gasteiger partial charge is 0.405 e. The minimum Gasteiger partial charge on any atom is -0.465 e. The van der Waals surface area contributed by atoms with Crippen molar-refractivity contribution >= 4 is 45.2 Å². The van der Waals surface area contributed by atoms with E-state index in [0.29, 0.717) is 35.7 Å². The highest BCUT2D eigenvalue weighted by Crippen LogP contribution is 2.26. The average Bonchev–Trinajstić information content (AvgIpc) is 3.28. The molecular formula is C17H19N7O4S. The van der Waals surface area contributed by atoms with Crippen molar-refractivity contribution < 1.29 is 19.4 Å². The maximum absolute atomic E-state index is 12.7. The maximum atomic E-state index is 12.7.